The Morgan fingerprint density at radius 1 is 1.23 bits per heavy atom. The molecule has 68 valence electrons. The molecule has 0 saturated carbocycles. The molecule has 1 aromatic carbocycles. The molecule has 0 fully saturated rings. The zero-order chi connectivity index (χ0) is 9.84. The lowest BCUT2D eigenvalue weighted by Gasteiger charge is -2.07. The third-order valence-electron chi connectivity index (χ3n) is 1.37. The van der Waals surface area contributed by atoms with Gasteiger partial charge in [-0.05, 0) is 12.1 Å². The van der Waals surface area contributed by atoms with E-state index in [1.807, 2.05) is 0 Å². The zero-order valence-corrected chi connectivity index (χ0v) is 8.06. The molecule has 0 bridgehead atoms. The van der Waals surface area contributed by atoms with Crippen molar-refractivity contribution in [2.24, 2.45) is 0 Å². The van der Waals surface area contributed by atoms with Gasteiger partial charge in [0.1, 0.15) is 0 Å². The van der Waals surface area contributed by atoms with Crippen LogP contribution in [0, 0.1) is 0 Å². The first-order chi connectivity index (χ1) is 6.13. The third kappa shape index (κ3) is 2.29. The van der Waals surface area contributed by atoms with E-state index in [4.69, 9.17) is 5.11 Å². The molecule has 0 spiro atoms. The molecule has 5 heteroatoms. The fourth-order valence-electron chi connectivity index (χ4n) is 0.781. The Morgan fingerprint density at radius 3 is 2.23 bits per heavy atom. The molecule has 0 unspecified atom stereocenters. The van der Waals surface area contributed by atoms with E-state index in [-0.39, 0.29) is 0 Å². The molecule has 0 aliphatic carbocycles. The van der Waals surface area contributed by atoms with E-state index in [1.165, 1.54) is 0 Å². The van der Waals surface area contributed by atoms with Crippen molar-refractivity contribution in [1.29, 1.82) is 0 Å². The molecule has 1 rings (SSSR count). The van der Waals surface area contributed by atoms with Crippen LogP contribution in [-0.4, -0.2) is 21.0 Å². The minimum Gasteiger partial charge on any atom is -0.464 e. The summed E-state index contributed by atoms with van der Waals surface area (Å²) in [5.74, 6) is -0.604. The van der Waals surface area contributed by atoms with Crippen molar-refractivity contribution in [2.45, 2.75) is 0 Å². The average molecular weight is 244 g/mol. The highest BCUT2D eigenvalue weighted by Crippen LogP contribution is 2.08. The van der Waals surface area contributed by atoms with E-state index in [1.54, 1.807) is 30.3 Å². The van der Waals surface area contributed by atoms with Gasteiger partial charge in [-0.1, -0.05) is 18.2 Å². The van der Waals surface area contributed by atoms with Crippen molar-refractivity contribution in [3.8, 4) is 0 Å². The van der Waals surface area contributed by atoms with Crippen molar-refractivity contribution in [3.05, 3.63) is 35.9 Å². The predicted molar refractivity (Wildman–Crippen MR) is 49.6 cm³/mol. The van der Waals surface area contributed by atoms with Crippen LogP contribution in [0.5, 0.6) is 0 Å². The van der Waals surface area contributed by atoms with E-state index in [0.717, 1.165) is 0 Å². The maximum Gasteiger partial charge on any atom is 0.424 e. The summed E-state index contributed by atoms with van der Waals surface area (Å²) in [6, 6.07) is 8.15. The highest BCUT2D eigenvalue weighted by atomic mass is 79.9. The van der Waals surface area contributed by atoms with Crippen LogP contribution in [0.4, 0.5) is 4.79 Å². The van der Waals surface area contributed by atoms with Crippen molar-refractivity contribution in [2.75, 3.05) is 0 Å². The lowest BCUT2D eigenvalue weighted by atomic mass is 10.2. The summed E-state index contributed by atoms with van der Waals surface area (Å²) < 4.78 is 0.461. The number of halogens is 1. The fourth-order valence-corrected chi connectivity index (χ4v) is 0.986. The minimum atomic E-state index is -1.34. The lowest BCUT2D eigenvalue weighted by molar-refractivity contribution is 0.0869. The SMILES string of the molecule is O=C(O)N(Br)C(=O)c1ccccc1. The van der Waals surface area contributed by atoms with Gasteiger partial charge in [-0.2, -0.15) is 3.93 Å². The molecular weight excluding hydrogens is 238 g/mol. The Hall–Kier alpha value is -1.36. The number of amides is 2. The second kappa shape index (κ2) is 4.04. The molecule has 0 aromatic heterocycles. The number of carboxylic acid groups (broad SMARTS) is 1. The van der Waals surface area contributed by atoms with Crippen LogP contribution in [0.2, 0.25) is 0 Å². The van der Waals surface area contributed by atoms with E-state index in [2.05, 4.69) is 16.1 Å². The largest absolute Gasteiger partial charge is 0.464 e. The summed E-state index contributed by atoms with van der Waals surface area (Å²) in [6.07, 6.45) is -1.34. The van der Waals surface area contributed by atoms with Crippen LogP contribution < -0.4 is 0 Å². The van der Waals surface area contributed by atoms with Gasteiger partial charge in [0.15, 0.2) is 0 Å². The number of imide groups is 1. The number of hydrogen-bond donors (Lipinski definition) is 1. The third-order valence-corrected chi connectivity index (χ3v) is 1.99. The van der Waals surface area contributed by atoms with Crippen molar-refractivity contribution in [1.82, 2.24) is 3.93 Å². The van der Waals surface area contributed by atoms with Crippen LogP contribution in [-0.2, 0) is 0 Å². The molecule has 4 nitrogen and oxygen atoms in total. The quantitative estimate of drug-likeness (QED) is 0.769. The first-order valence-electron chi connectivity index (χ1n) is 3.41. The van der Waals surface area contributed by atoms with Crippen LogP contribution in [0.15, 0.2) is 30.3 Å². The van der Waals surface area contributed by atoms with Crippen molar-refractivity contribution < 1.29 is 14.7 Å². The molecule has 0 atom stereocenters. The maximum atomic E-state index is 11.3. The summed E-state index contributed by atoms with van der Waals surface area (Å²) in [4.78, 5) is 21.7. The fraction of sp³-hybridized carbons (Fsp3) is 0. The predicted octanol–water partition coefficient (Wildman–Crippen LogP) is 2.12. The monoisotopic (exact) mass is 243 g/mol. The lowest BCUT2D eigenvalue weighted by Crippen LogP contribution is -2.25. The summed E-state index contributed by atoms with van der Waals surface area (Å²) in [7, 11) is 0. The van der Waals surface area contributed by atoms with E-state index in [9.17, 15) is 9.59 Å². The summed E-state index contributed by atoms with van der Waals surface area (Å²) in [5.41, 5.74) is 0.321. The van der Waals surface area contributed by atoms with Gasteiger partial charge in [0.25, 0.3) is 5.91 Å². The molecule has 0 aliphatic rings. The van der Waals surface area contributed by atoms with Crippen LogP contribution in [0.25, 0.3) is 0 Å². The van der Waals surface area contributed by atoms with Crippen molar-refractivity contribution in [3.63, 3.8) is 0 Å². The number of carbonyl (C=O) groups excluding carboxylic acids is 1. The first-order valence-corrected chi connectivity index (χ1v) is 4.12. The molecule has 0 heterocycles. The second-order valence-electron chi connectivity index (χ2n) is 2.23. The molecule has 1 N–H and O–H groups in total. The van der Waals surface area contributed by atoms with Crippen molar-refractivity contribution >= 4 is 28.1 Å². The molecule has 2 amide bonds. The summed E-state index contributed by atoms with van der Waals surface area (Å²) >= 11 is 2.63. The van der Waals surface area contributed by atoms with Crippen LogP contribution >= 0.6 is 16.1 Å². The minimum absolute atomic E-state index is 0.321. The van der Waals surface area contributed by atoms with Gasteiger partial charge in [-0.3, -0.25) is 4.79 Å². The van der Waals surface area contributed by atoms with Gasteiger partial charge in [0, 0.05) is 5.56 Å². The van der Waals surface area contributed by atoms with Gasteiger partial charge in [-0.15, -0.1) is 0 Å². The van der Waals surface area contributed by atoms with E-state index in [0.29, 0.717) is 9.49 Å². The molecular formula is C8H6BrNO3. The molecule has 0 aliphatic heterocycles. The Kier molecular flexibility index (Phi) is 3.02. The molecule has 1 aromatic rings. The molecule has 13 heavy (non-hydrogen) atoms. The van der Waals surface area contributed by atoms with Gasteiger partial charge < -0.3 is 5.11 Å². The second-order valence-corrected chi connectivity index (χ2v) is 2.94. The van der Waals surface area contributed by atoms with Gasteiger partial charge in [0.05, 0.1) is 16.1 Å². The number of hydrogen-bond acceptors (Lipinski definition) is 2. The number of rotatable bonds is 1. The van der Waals surface area contributed by atoms with E-state index >= 15 is 0 Å². The maximum absolute atomic E-state index is 11.3. The average Bonchev–Trinajstić information content (AvgIpc) is 2.17. The van der Waals surface area contributed by atoms with Gasteiger partial charge in [0.2, 0.25) is 0 Å². The topological polar surface area (TPSA) is 57.6 Å². The van der Waals surface area contributed by atoms with Crippen LogP contribution in [0.1, 0.15) is 10.4 Å². The molecule has 0 saturated heterocycles. The Bertz CT molecular complexity index is 325. The molecule has 0 radical (unpaired) electrons. The number of nitrogens with zero attached hydrogens (tertiary/aromatic N) is 1. The van der Waals surface area contributed by atoms with Gasteiger partial charge in [-0.25, -0.2) is 4.79 Å². The standard InChI is InChI=1S/C8H6BrNO3/c9-10(8(12)13)7(11)6-4-2-1-3-5-6/h1-5H,(H,12,13). The highest BCUT2D eigenvalue weighted by molar-refractivity contribution is 9.08. The Balaban J connectivity index is 2.86. The summed E-state index contributed by atoms with van der Waals surface area (Å²) in [6.45, 7) is 0. The Labute approximate surface area is 83.1 Å². The Morgan fingerprint density at radius 2 is 1.77 bits per heavy atom. The first kappa shape index (κ1) is 9.73. The van der Waals surface area contributed by atoms with Gasteiger partial charge >= 0.3 is 6.09 Å². The van der Waals surface area contributed by atoms with E-state index < -0.39 is 12.0 Å². The zero-order valence-electron chi connectivity index (χ0n) is 6.48. The number of carbonyl (C=O) groups is 2. The highest BCUT2D eigenvalue weighted by Gasteiger charge is 2.18. The smallest absolute Gasteiger partial charge is 0.424 e. The normalized spacial score (nSPS) is 9.31. The van der Waals surface area contributed by atoms with Crippen LogP contribution in [0.3, 0.4) is 0 Å². The summed E-state index contributed by atoms with van der Waals surface area (Å²) in [5, 5.41) is 8.47. The number of benzene rings is 1.